The first-order valence-electron chi connectivity index (χ1n) is 11.0. The van der Waals surface area contributed by atoms with Gasteiger partial charge < -0.3 is 14.4 Å². The Labute approximate surface area is 198 Å². The van der Waals surface area contributed by atoms with Crippen molar-refractivity contribution in [2.75, 3.05) is 32.2 Å². The maximum atomic E-state index is 13.1. The molecule has 0 N–H and O–H groups in total. The first-order chi connectivity index (χ1) is 16.0. The number of methoxy groups -OCH3 is 2. The Kier molecular flexibility index (Phi) is 6.95. The summed E-state index contributed by atoms with van der Waals surface area (Å²) < 4.78 is 10.7. The predicted octanol–water partition coefficient (Wildman–Crippen LogP) is 5.55. The number of aromatic nitrogens is 1. The van der Waals surface area contributed by atoms with Gasteiger partial charge in [0.1, 0.15) is 5.01 Å². The fraction of sp³-hybridized carbons (Fsp3) is 0.346. The summed E-state index contributed by atoms with van der Waals surface area (Å²) in [5.41, 5.74) is 3.17. The third-order valence-corrected chi connectivity index (χ3v) is 7.05. The summed E-state index contributed by atoms with van der Waals surface area (Å²) >= 11 is 1.31. The molecule has 0 radical (unpaired) electrons. The number of thiazole rings is 1. The van der Waals surface area contributed by atoms with Crippen molar-refractivity contribution in [1.29, 1.82) is 5.26 Å². The van der Waals surface area contributed by atoms with E-state index in [2.05, 4.69) is 22.9 Å². The number of ether oxygens (including phenoxy) is 2. The average Bonchev–Trinajstić information content (AvgIpc) is 3.34. The van der Waals surface area contributed by atoms with Crippen LogP contribution in [-0.4, -0.2) is 38.1 Å². The molecular weight excluding hydrogens is 434 g/mol. The van der Waals surface area contributed by atoms with E-state index >= 15 is 0 Å². The van der Waals surface area contributed by atoms with E-state index < -0.39 is 5.92 Å². The van der Waals surface area contributed by atoms with Gasteiger partial charge in [-0.05, 0) is 61.2 Å². The van der Waals surface area contributed by atoms with Gasteiger partial charge in [0, 0.05) is 35.3 Å². The van der Waals surface area contributed by atoms with Crippen molar-refractivity contribution in [3.8, 4) is 28.8 Å². The van der Waals surface area contributed by atoms with E-state index in [1.54, 1.807) is 14.2 Å². The number of anilines is 1. The molecule has 1 unspecified atom stereocenters. The molecule has 1 saturated heterocycles. The van der Waals surface area contributed by atoms with Crippen molar-refractivity contribution in [3.63, 3.8) is 0 Å². The Morgan fingerprint density at radius 3 is 2.45 bits per heavy atom. The standard InChI is InChI=1S/C26H27N3O3S/c1-17-10-12-29(13-11-17)20-7-4-18(5-8-20)25(30)21(15-27)26-28-22(16-33-26)19-6-9-23(31-2)24(14-19)32-3/h4-9,14,16-17,21H,10-13H2,1-3H3. The summed E-state index contributed by atoms with van der Waals surface area (Å²) in [7, 11) is 3.16. The van der Waals surface area contributed by atoms with Crippen LogP contribution in [0.4, 0.5) is 5.69 Å². The molecule has 4 rings (SSSR count). The second-order valence-corrected chi connectivity index (χ2v) is 9.17. The molecule has 170 valence electrons. The summed E-state index contributed by atoms with van der Waals surface area (Å²) in [6.45, 7) is 4.36. The van der Waals surface area contributed by atoms with Gasteiger partial charge in [-0.25, -0.2) is 4.98 Å². The number of nitriles is 1. The van der Waals surface area contributed by atoms with E-state index in [1.165, 1.54) is 24.2 Å². The normalized spacial score (nSPS) is 15.0. The summed E-state index contributed by atoms with van der Waals surface area (Å²) in [5, 5.41) is 12.1. The van der Waals surface area contributed by atoms with Crippen LogP contribution in [-0.2, 0) is 0 Å². The van der Waals surface area contributed by atoms with Crippen molar-refractivity contribution in [2.45, 2.75) is 25.7 Å². The summed E-state index contributed by atoms with van der Waals surface area (Å²) in [6.07, 6.45) is 2.37. The van der Waals surface area contributed by atoms with Gasteiger partial charge in [0.15, 0.2) is 23.2 Å². The zero-order valence-electron chi connectivity index (χ0n) is 19.1. The zero-order valence-corrected chi connectivity index (χ0v) is 19.9. The fourth-order valence-electron chi connectivity index (χ4n) is 4.04. The van der Waals surface area contributed by atoms with E-state index in [9.17, 15) is 10.1 Å². The van der Waals surface area contributed by atoms with Crippen molar-refractivity contribution in [2.24, 2.45) is 5.92 Å². The van der Waals surface area contributed by atoms with Crippen LogP contribution >= 0.6 is 11.3 Å². The number of benzene rings is 2. The minimum absolute atomic E-state index is 0.232. The quantitative estimate of drug-likeness (QED) is 0.429. The van der Waals surface area contributed by atoms with E-state index in [-0.39, 0.29) is 5.78 Å². The molecule has 2 heterocycles. The molecular formula is C26H27N3O3S. The number of piperidine rings is 1. The van der Waals surface area contributed by atoms with Gasteiger partial charge in [0.25, 0.3) is 0 Å². The third-order valence-electron chi connectivity index (χ3n) is 6.14. The van der Waals surface area contributed by atoms with Crippen LogP contribution in [0.2, 0.25) is 0 Å². The Morgan fingerprint density at radius 2 is 1.82 bits per heavy atom. The molecule has 2 aromatic carbocycles. The molecule has 6 nitrogen and oxygen atoms in total. The molecule has 0 aliphatic carbocycles. The monoisotopic (exact) mass is 461 g/mol. The highest BCUT2D eigenvalue weighted by molar-refractivity contribution is 7.10. The highest BCUT2D eigenvalue weighted by atomic mass is 32.1. The van der Waals surface area contributed by atoms with Crippen molar-refractivity contribution < 1.29 is 14.3 Å². The van der Waals surface area contributed by atoms with Gasteiger partial charge in [0.2, 0.25) is 0 Å². The van der Waals surface area contributed by atoms with Crippen LogP contribution < -0.4 is 14.4 Å². The number of ketones is 1. The van der Waals surface area contributed by atoms with Crippen LogP contribution in [0, 0.1) is 17.2 Å². The lowest BCUT2D eigenvalue weighted by Gasteiger charge is -2.32. The average molecular weight is 462 g/mol. The molecule has 1 aliphatic heterocycles. The number of hydrogen-bond acceptors (Lipinski definition) is 7. The lowest BCUT2D eigenvalue weighted by molar-refractivity contribution is 0.0979. The first-order valence-corrected chi connectivity index (χ1v) is 11.9. The zero-order chi connectivity index (χ0) is 23.4. The number of rotatable bonds is 7. The van der Waals surface area contributed by atoms with E-state index in [0.29, 0.717) is 27.8 Å². The number of carbonyl (C=O) groups excluding carboxylic acids is 1. The Morgan fingerprint density at radius 1 is 1.12 bits per heavy atom. The third kappa shape index (κ3) is 4.86. The van der Waals surface area contributed by atoms with Crippen LogP contribution in [0.15, 0.2) is 47.8 Å². The molecule has 0 bridgehead atoms. The Balaban J connectivity index is 1.52. The highest BCUT2D eigenvalue weighted by Gasteiger charge is 2.26. The molecule has 7 heteroatoms. The van der Waals surface area contributed by atoms with Gasteiger partial charge in [0.05, 0.1) is 26.0 Å². The Hall–Kier alpha value is -3.37. The topological polar surface area (TPSA) is 75.5 Å². The fourth-order valence-corrected chi connectivity index (χ4v) is 4.91. The SMILES string of the molecule is COc1ccc(-c2csc(C(C#N)C(=O)c3ccc(N4CCC(C)CC4)cc3)n2)cc1OC. The lowest BCUT2D eigenvalue weighted by Crippen LogP contribution is -2.32. The molecule has 33 heavy (non-hydrogen) atoms. The summed E-state index contributed by atoms with van der Waals surface area (Å²) in [4.78, 5) is 20.1. The number of hydrogen-bond donors (Lipinski definition) is 0. The van der Waals surface area contributed by atoms with Crippen LogP contribution in [0.1, 0.15) is 41.0 Å². The minimum Gasteiger partial charge on any atom is -0.493 e. The van der Waals surface area contributed by atoms with Gasteiger partial charge >= 0.3 is 0 Å². The molecule has 1 atom stereocenters. The second kappa shape index (κ2) is 10.1. The van der Waals surface area contributed by atoms with Crippen LogP contribution in [0.3, 0.4) is 0 Å². The molecule has 1 aromatic heterocycles. The first kappa shape index (κ1) is 22.8. The molecule has 1 aliphatic rings. The van der Waals surface area contributed by atoms with Crippen molar-refractivity contribution >= 4 is 22.8 Å². The minimum atomic E-state index is -0.939. The second-order valence-electron chi connectivity index (χ2n) is 8.28. The van der Waals surface area contributed by atoms with Crippen molar-refractivity contribution in [3.05, 3.63) is 58.4 Å². The summed E-state index contributed by atoms with van der Waals surface area (Å²) in [6, 6.07) is 15.3. The molecule has 0 amide bonds. The van der Waals surface area contributed by atoms with Gasteiger partial charge in [-0.2, -0.15) is 5.26 Å². The van der Waals surface area contributed by atoms with Crippen molar-refractivity contribution in [1.82, 2.24) is 4.98 Å². The van der Waals surface area contributed by atoms with Gasteiger partial charge in [-0.1, -0.05) is 6.92 Å². The van der Waals surface area contributed by atoms with E-state index in [4.69, 9.17) is 9.47 Å². The van der Waals surface area contributed by atoms with Gasteiger partial charge in [-0.15, -0.1) is 11.3 Å². The maximum Gasteiger partial charge on any atom is 0.186 e. The van der Waals surface area contributed by atoms with E-state index in [0.717, 1.165) is 30.3 Å². The number of nitrogens with zero attached hydrogens (tertiary/aromatic N) is 3. The molecule has 3 aromatic rings. The molecule has 0 spiro atoms. The predicted molar refractivity (Wildman–Crippen MR) is 130 cm³/mol. The highest BCUT2D eigenvalue weighted by Crippen LogP contribution is 2.34. The Bertz CT molecular complexity index is 1160. The maximum absolute atomic E-state index is 13.1. The van der Waals surface area contributed by atoms with E-state index in [1.807, 2.05) is 47.8 Å². The lowest BCUT2D eigenvalue weighted by atomic mass is 9.97. The molecule has 1 fully saturated rings. The van der Waals surface area contributed by atoms with Crippen LogP contribution in [0.25, 0.3) is 11.3 Å². The summed E-state index contributed by atoms with van der Waals surface area (Å²) in [5.74, 6) is 0.820. The smallest absolute Gasteiger partial charge is 0.186 e. The molecule has 0 saturated carbocycles. The number of carbonyl (C=O) groups is 1. The largest absolute Gasteiger partial charge is 0.493 e. The van der Waals surface area contributed by atoms with Gasteiger partial charge in [-0.3, -0.25) is 4.79 Å². The van der Waals surface area contributed by atoms with Crippen LogP contribution in [0.5, 0.6) is 11.5 Å². The number of Topliss-reactive ketones (excluding diaryl/α,β-unsaturated/α-hetero) is 1.